The topological polar surface area (TPSA) is 58.6 Å². The molecule has 0 saturated carbocycles. The summed E-state index contributed by atoms with van der Waals surface area (Å²) in [5, 5.41) is 3.06. The normalized spacial score (nSPS) is 11.5. The van der Waals surface area contributed by atoms with E-state index in [-0.39, 0.29) is 11.8 Å². The molecule has 0 aliphatic carbocycles. The number of carbonyl (C=O) groups excluding carboxylic acids is 2. The Kier molecular flexibility index (Phi) is 9.07. The molecule has 0 fully saturated rings. The van der Waals surface area contributed by atoms with Crippen molar-refractivity contribution in [3.8, 4) is 5.75 Å². The van der Waals surface area contributed by atoms with E-state index in [1.807, 2.05) is 91.9 Å². The molecule has 3 aromatic carbocycles. The van der Waals surface area contributed by atoms with E-state index in [1.54, 1.807) is 12.0 Å². The third-order valence-corrected chi connectivity index (χ3v) is 5.53. The SMILES string of the molecule is CCCC(=O)N(Cc1ccc(OC)cc1)[C@H](C(=O)NCCc1ccccc1)c1ccccc1. The Hall–Kier alpha value is -3.60. The second kappa shape index (κ2) is 12.4. The Morgan fingerprint density at radius 3 is 2.12 bits per heavy atom. The lowest BCUT2D eigenvalue weighted by atomic mass is 10.0. The van der Waals surface area contributed by atoms with Gasteiger partial charge in [0.2, 0.25) is 11.8 Å². The fourth-order valence-electron chi connectivity index (χ4n) is 3.79. The maximum absolute atomic E-state index is 13.4. The zero-order chi connectivity index (χ0) is 23.5. The lowest BCUT2D eigenvalue weighted by molar-refractivity contribution is -0.141. The van der Waals surface area contributed by atoms with E-state index >= 15 is 0 Å². The van der Waals surface area contributed by atoms with E-state index in [1.165, 1.54) is 0 Å². The number of amides is 2. The number of benzene rings is 3. The molecule has 1 N–H and O–H groups in total. The molecule has 0 spiro atoms. The van der Waals surface area contributed by atoms with Crippen LogP contribution in [-0.4, -0.2) is 30.4 Å². The van der Waals surface area contributed by atoms with Gasteiger partial charge < -0.3 is 15.0 Å². The number of nitrogens with one attached hydrogen (secondary N) is 1. The van der Waals surface area contributed by atoms with E-state index in [9.17, 15) is 9.59 Å². The van der Waals surface area contributed by atoms with E-state index in [0.717, 1.165) is 35.3 Å². The molecule has 1 atom stereocenters. The lowest BCUT2D eigenvalue weighted by Gasteiger charge is -2.31. The fourth-order valence-corrected chi connectivity index (χ4v) is 3.79. The molecule has 0 heterocycles. The predicted octanol–water partition coefficient (Wildman–Crippen LogP) is 4.92. The third-order valence-electron chi connectivity index (χ3n) is 5.53. The van der Waals surface area contributed by atoms with Gasteiger partial charge in [-0.25, -0.2) is 0 Å². The molecule has 33 heavy (non-hydrogen) atoms. The average molecular weight is 445 g/mol. The quantitative estimate of drug-likeness (QED) is 0.456. The summed E-state index contributed by atoms with van der Waals surface area (Å²) < 4.78 is 5.25. The lowest BCUT2D eigenvalue weighted by Crippen LogP contribution is -2.43. The predicted molar refractivity (Wildman–Crippen MR) is 131 cm³/mol. The number of rotatable bonds is 11. The first kappa shape index (κ1) is 24.1. The van der Waals surface area contributed by atoms with Gasteiger partial charge in [-0.05, 0) is 41.7 Å². The van der Waals surface area contributed by atoms with Crippen molar-refractivity contribution in [2.75, 3.05) is 13.7 Å². The van der Waals surface area contributed by atoms with Gasteiger partial charge in [-0.3, -0.25) is 9.59 Å². The molecule has 0 radical (unpaired) electrons. The van der Waals surface area contributed by atoms with Crippen molar-refractivity contribution < 1.29 is 14.3 Å². The van der Waals surface area contributed by atoms with E-state index in [2.05, 4.69) is 5.32 Å². The zero-order valence-electron chi connectivity index (χ0n) is 19.4. The second-order valence-corrected chi connectivity index (χ2v) is 7.96. The van der Waals surface area contributed by atoms with Crippen molar-refractivity contribution in [3.05, 3.63) is 102 Å². The molecular formula is C28H32N2O3. The molecule has 0 aliphatic rings. The van der Waals surface area contributed by atoms with Gasteiger partial charge in [0.1, 0.15) is 11.8 Å². The molecule has 3 rings (SSSR count). The Bertz CT molecular complexity index is 1000. The van der Waals surface area contributed by atoms with Crippen LogP contribution in [0.5, 0.6) is 5.75 Å². The summed E-state index contributed by atoms with van der Waals surface area (Å²) in [4.78, 5) is 28.3. The van der Waals surface area contributed by atoms with Crippen LogP contribution in [-0.2, 0) is 22.6 Å². The first-order valence-electron chi connectivity index (χ1n) is 11.4. The maximum atomic E-state index is 13.4. The Morgan fingerprint density at radius 2 is 1.52 bits per heavy atom. The third kappa shape index (κ3) is 6.94. The molecule has 0 aliphatic heterocycles. The summed E-state index contributed by atoms with van der Waals surface area (Å²) in [5.74, 6) is 0.541. The monoisotopic (exact) mass is 444 g/mol. The number of carbonyl (C=O) groups is 2. The summed E-state index contributed by atoms with van der Waals surface area (Å²) in [7, 11) is 1.62. The van der Waals surface area contributed by atoms with Crippen molar-refractivity contribution in [3.63, 3.8) is 0 Å². The highest BCUT2D eigenvalue weighted by Gasteiger charge is 2.30. The molecule has 5 nitrogen and oxygen atoms in total. The highest BCUT2D eigenvalue weighted by atomic mass is 16.5. The van der Waals surface area contributed by atoms with Crippen LogP contribution in [0, 0.1) is 0 Å². The minimum Gasteiger partial charge on any atom is -0.497 e. The first-order chi connectivity index (χ1) is 16.1. The minimum absolute atomic E-state index is 0.0413. The number of ether oxygens (including phenoxy) is 1. The van der Waals surface area contributed by atoms with Crippen molar-refractivity contribution in [2.45, 2.75) is 38.8 Å². The van der Waals surface area contributed by atoms with Gasteiger partial charge in [0.15, 0.2) is 0 Å². The van der Waals surface area contributed by atoms with E-state index < -0.39 is 6.04 Å². The smallest absolute Gasteiger partial charge is 0.247 e. The minimum atomic E-state index is -0.705. The number of nitrogens with zero attached hydrogens (tertiary/aromatic N) is 1. The number of hydrogen-bond donors (Lipinski definition) is 1. The maximum Gasteiger partial charge on any atom is 0.247 e. The van der Waals surface area contributed by atoms with Crippen LogP contribution >= 0.6 is 0 Å². The summed E-state index contributed by atoms with van der Waals surface area (Å²) in [6, 6.07) is 26.5. The highest BCUT2D eigenvalue weighted by Crippen LogP contribution is 2.25. The summed E-state index contributed by atoms with van der Waals surface area (Å²) >= 11 is 0. The highest BCUT2D eigenvalue weighted by molar-refractivity contribution is 5.88. The summed E-state index contributed by atoms with van der Waals surface area (Å²) in [6.45, 7) is 2.82. The van der Waals surface area contributed by atoms with Crippen molar-refractivity contribution in [1.29, 1.82) is 0 Å². The van der Waals surface area contributed by atoms with Crippen LogP contribution in [0.25, 0.3) is 0 Å². The van der Waals surface area contributed by atoms with Crippen LogP contribution < -0.4 is 10.1 Å². The van der Waals surface area contributed by atoms with Crippen molar-refractivity contribution in [1.82, 2.24) is 10.2 Å². The average Bonchev–Trinajstić information content (AvgIpc) is 2.85. The van der Waals surface area contributed by atoms with Crippen molar-refractivity contribution in [2.24, 2.45) is 0 Å². The Morgan fingerprint density at radius 1 is 0.879 bits per heavy atom. The van der Waals surface area contributed by atoms with Crippen LogP contribution in [0.2, 0.25) is 0 Å². The molecule has 172 valence electrons. The number of methoxy groups -OCH3 is 1. The second-order valence-electron chi connectivity index (χ2n) is 7.96. The standard InChI is InChI=1S/C28H32N2O3/c1-3-10-26(31)30(21-23-15-17-25(33-2)18-16-23)27(24-13-8-5-9-14-24)28(32)29-20-19-22-11-6-4-7-12-22/h4-9,11-18,27H,3,10,19-21H2,1-2H3,(H,29,32)/t27-/m0/s1. The van der Waals surface area contributed by atoms with Crippen LogP contribution in [0.4, 0.5) is 0 Å². The van der Waals surface area contributed by atoms with Gasteiger partial charge in [0.25, 0.3) is 0 Å². The molecular weight excluding hydrogens is 412 g/mol. The molecule has 2 amide bonds. The molecule has 5 heteroatoms. The van der Waals surface area contributed by atoms with Gasteiger partial charge in [0.05, 0.1) is 7.11 Å². The molecule has 0 saturated heterocycles. The van der Waals surface area contributed by atoms with E-state index in [0.29, 0.717) is 19.5 Å². The fraction of sp³-hybridized carbons (Fsp3) is 0.286. The van der Waals surface area contributed by atoms with Crippen LogP contribution in [0.15, 0.2) is 84.9 Å². The Balaban J connectivity index is 1.84. The van der Waals surface area contributed by atoms with Gasteiger partial charge in [0, 0.05) is 19.5 Å². The van der Waals surface area contributed by atoms with Gasteiger partial charge >= 0.3 is 0 Å². The largest absolute Gasteiger partial charge is 0.497 e. The number of hydrogen-bond acceptors (Lipinski definition) is 3. The molecule has 0 aromatic heterocycles. The Labute approximate surface area is 196 Å². The van der Waals surface area contributed by atoms with Gasteiger partial charge in [-0.1, -0.05) is 79.7 Å². The molecule has 0 bridgehead atoms. The molecule has 0 unspecified atom stereocenters. The van der Waals surface area contributed by atoms with Crippen molar-refractivity contribution >= 4 is 11.8 Å². The summed E-state index contributed by atoms with van der Waals surface area (Å²) in [5.41, 5.74) is 2.90. The van der Waals surface area contributed by atoms with Gasteiger partial charge in [-0.2, -0.15) is 0 Å². The van der Waals surface area contributed by atoms with Crippen LogP contribution in [0.1, 0.15) is 42.5 Å². The van der Waals surface area contributed by atoms with Gasteiger partial charge in [-0.15, -0.1) is 0 Å². The first-order valence-corrected chi connectivity index (χ1v) is 11.4. The van der Waals surface area contributed by atoms with Crippen LogP contribution in [0.3, 0.4) is 0 Å². The van der Waals surface area contributed by atoms with E-state index in [4.69, 9.17) is 4.74 Å². The zero-order valence-corrected chi connectivity index (χ0v) is 19.4. The summed E-state index contributed by atoms with van der Waals surface area (Å²) in [6.07, 6.45) is 1.83. The molecule has 3 aromatic rings.